The zero-order valence-corrected chi connectivity index (χ0v) is 22.0. The Balaban J connectivity index is 1.27. The van der Waals surface area contributed by atoms with Crippen molar-refractivity contribution in [3.05, 3.63) is 58.3 Å². The zero-order valence-electron chi connectivity index (χ0n) is 22.0. The molecule has 2 fully saturated rings. The molecular formula is C31H36N4O3. The average molecular weight is 513 g/mol. The van der Waals surface area contributed by atoms with Crippen LogP contribution in [0.4, 0.5) is 0 Å². The summed E-state index contributed by atoms with van der Waals surface area (Å²) in [6.45, 7) is 4.72. The molecule has 5 aliphatic rings. The first-order valence-electron chi connectivity index (χ1n) is 14.3. The molecular weight excluding hydrogens is 476 g/mol. The van der Waals surface area contributed by atoms with Gasteiger partial charge < -0.3 is 25.7 Å². The molecule has 3 aliphatic carbocycles. The molecule has 5 N–H and O–H groups in total. The number of aromatic nitrogens is 1. The van der Waals surface area contributed by atoms with Crippen molar-refractivity contribution < 1.29 is 14.9 Å². The highest BCUT2D eigenvalue weighted by molar-refractivity contribution is 5.87. The number of piperidine rings is 1. The number of hydrogen-bond donors (Lipinski definition) is 4. The second-order valence-electron chi connectivity index (χ2n) is 12.3. The lowest BCUT2D eigenvalue weighted by atomic mass is 9.49. The molecule has 2 aliphatic heterocycles. The number of amidine groups is 1. The topological polar surface area (TPSA) is 107 Å². The SMILES string of the molecule is CCC(N)=NCCc1ccc2[nH]c3c(c2c1)C[C@@]1(O)[C@@H]2Cc4ccc(O)c5c4[C@@]1(CCN2CC1CC1)[C@H]3O5. The lowest BCUT2D eigenvalue weighted by Gasteiger charge is -2.62. The van der Waals surface area contributed by atoms with E-state index in [1.165, 1.54) is 24.0 Å². The van der Waals surface area contributed by atoms with Crippen molar-refractivity contribution in [2.24, 2.45) is 16.6 Å². The van der Waals surface area contributed by atoms with Crippen molar-refractivity contribution >= 4 is 16.7 Å². The Kier molecular flexibility index (Phi) is 4.68. The van der Waals surface area contributed by atoms with Gasteiger partial charge >= 0.3 is 0 Å². The third kappa shape index (κ3) is 2.89. The van der Waals surface area contributed by atoms with E-state index < -0.39 is 11.0 Å². The number of aliphatic imine (C=N–C) groups is 1. The van der Waals surface area contributed by atoms with E-state index in [0.29, 0.717) is 24.6 Å². The summed E-state index contributed by atoms with van der Waals surface area (Å²) >= 11 is 0. The number of fused-ring (bicyclic) bond motifs is 4. The maximum atomic E-state index is 13.0. The van der Waals surface area contributed by atoms with Crippen LogP contribution in [0.1, 0.15) is 66.7 Å². The fourth-order valence-corrected chi connectivity index (χ4v) is 8.26. The number of H-pyrrole nitrogens is 1. The van der Waals surface area contributed by atoms with Gasteiger partial charge in [-0.05, 0) is 79.5 Å². The van der Waals surface area contributed by atoms with Crippen LogP contribution in [0.3, 0.4) is 0 Å². The lowest BCUT2D eigenvalue weighted by Crippen LogP contribution is -2.74. The van der Waals surface area contributed by atoms with E-state index in [1.54, 1.807) is 6.07 Å². The van der Waals surface area contributed by atoms with Crippen LogP contribution in [0, 0.1) is 5.92 Å². The summed E-state index contributed by atoms with van der Waals surface area (Å²) in [5.41, 5.74) is 11.2. The van der Waals surface area contributed by atoms with Gasteiger partial charge in [0.05, 0.1) is 22.5 Å². The molecule has 7 heteroatoms. The number of aromatic hydroxyl groups is 1. The van der Waals surface area contributed by atoms with Gasteiger partial charge in [0.1, 0.15) is 0 Å². The van der Waals surface area contributed by atoms with E-state index >= 15 is 0 Å². The number of hydrogen-bond acceptors (Lipinski definition) is 5. The Hall–Kier alpha value is -3.03. The van der Waals surface area contributed by atoms with Crippen LogP contribution in [0.5, 0.6) is 11.5 Å². The number of phenols is 1. The van der Waals surface area contributed by atoms with Crippen LogP contribution in [0.2, 0.25) is 0 Å². The number of nitrogens with zero attached hydrogens (tertiary/aromatic N) is 2. The van der Waals surface area contributed by atoms with Crippen LogP contribution >= 0.6 is 0 Å². The summed E-state index contributed by atoms with van der Waals surface area (Å²) in [6, 6.07) is 10.5. The summed E-state index contributed by atoms with van der Waals surface area (Å²) < 4.78 is 6.70. The molecule has 8 rings (SSSR count). The van der Waals surface area contributed by atoms with E-state index in [9.17, 15) is 10.2 Å². The molecule has 1 spiro atoms. The maximum Gasteiger partial charge on any atom is 0.166 e. The van der Waals surface area contributed by atoms with Gasteiger partial charge in [0.25, 0.3) is 0 Å². The summed E-state index contributed by atoms with van der Waals surface area (Å²) in [5.74, 6) is 2.22. The molecule has 1 saturated carbocycles. The number of likely N-dealkylation sites (tertiary alicyclic amines) is 1. The molecule has 2 bridgehead atoms. The van der Waals surface area contributed by atoms with Crippen LogP contribution in [0.15, 0.2) is 35.3 Å². The van der Waals surface area contributed by atoms with Gasteiger partial charge in [-0.25, -0.2) is 0 Å². The predicted octanol–water partition coefficient (Wildman–Crippen LogP) is 3.88. The zero-order chi connectivity index (χ0) is 25.8. The summed E-state index contributed by atoms with van der Waals surface area (Å²) in [6.07, 6.45) is 6.07. The minimum Gasteiger partial charge on any atom is -0.504 e. The second-order valence-corrected chi connectivity index (χ2v) is 12.3. The Bertz CT molecular complexity index is 1510. The molecule has 4 atom stereocenters. The Morgan fingerprint density at radius 3 is 2.95 bits per heavy atom. The van der Waals surface area contributed by atoms with E-state index in [0.717, 1.165) is 72.4 Å². The molecule has 1 aromatic heterocycles. The number of ether oxygens (including phenoxy) is 1. The summed E-state index contributed by atoms with van der Waals surface area (Å²) in [7, 11) is 0. The van der Waals surface area contributed by atoms with Crippen LogP contribution in [-0.4, -0.2) is 57.2 Å². The standard InChI is InChI=1S/C31H36N4O3/c1-2-25(32)33-11-9-17-5-7-22-20(13-17)21-15-31(37)24-14-19-6-8-23(36)28-26(19)30(31,29(38-28)27(21)34-22)10-12-35(24)16-18-3-4-18/h5-8,13,18,24,29,34,36-37H,2-4,9-12,14-16H2,1H3,(H2,32,33)/t24-,29-,30-,31+/m0/s1. The second kappa shape index (κ2) is 7.76. The number of aliphatic hydroxyl groups is 1. The Labute approximate surface area is 222 Å². The van der Waals surface area contributed by atoms with E-state index in [4.69, 9.17) is 10.5 Å². The molecule has 198 valence electrons. The number of nitrogens with one attached hydrogen (secondary N) is 1. The lowest BCUT2D eigenvalue weighted by molar-refractivity contribution is -0.173. The van der Waals surface area contributed by atoms with Gasteiger partial charge in [-0.3, -0.25) is 9.89 Å². The van der Waals surface area contributed by atoms with E-state index in [-0.39, 0.29) is 17.9 Å². The minimum atomic E-state index is -0.963. The molecule has 38 heavy (non-hydrogen) atoms. The van der Waals surface area contributed by atoms with Gasteiger partial charge in [0.15, 0.2) is 17.6 Å². The molecule has 0 radical (unpaired) electrons. The third-order valence-electron chi connectivity index (χ3n) is 10.3. The van der Waals surface area contributed by atoms with Crippen molar-refractivity contribution in [1.82, 2.24) is 9.88 Å². The van der Waals surface area contributed by atoms with Gasteiger partial charge in [-0.2, -0.15) is 0 Å². The number of benzene rings is 2. The monoisotopic (exact) mass is 512 g/mol. The highest BCUT2D eigenvalue weighted by atomic mass is 16.5. The Morgan fingerprint density at radius 2 is 2.13 bits per heavy atom. The van der Waals surface area contributed by atoms with Crippen LogP contribution < -0.4 is 10.5 Å². The summed E-state index contributed by atoms with van der Waals surface area (Å²) in [4.78, 5) is 10.8. The molecule has 3 heterocycles. The van der Waals surface area contributed by atoms with Gasteiger partial charge in [-0.1, -0.05) is 19.1 Å². The van der Waals surface area contributed by atoms with Gasteiger partial charge in [-0.15, -0.1) is 0 Å². The average Bonchev–Trinajstić information content (AvgIpc) is 3.55. The highest BCUT2D eigenvalue weighted by Gasteiger charge is 2.72. The van der Waals surface area contributed by atoms with Crippen molar-refractivity contribution in [3.8, 4) is 11.5 Å². The first-order valence-corrected chi connectivity index (χ1v) is 14.3. The smallest absolute Gasteiger partial charge is 0.166 e. The van der Waals surface area contributed by atoms with Crippen molar-refractivity contribution in [2.75, 3.05) is 19.6 Å². The van der Waals surface area contributed by atoms with Gasteiger partial charge in [0.2, 0.25) is 0 Å². The summed E-state index contributed by atoms with van der Waals surface area (Å²) in [5, 5.41) is 25.0. The molecule has 0 unspecified atom stereocenters. The highest BCUT2D eigenvalue weighted by Crippen LogP contribution is 2.69. The number of phenolic OH excluding ortho intramolecular Hbond substituents is 1. The molecule has 2 aromatic carbocycles. The van der Waals surface area contributed by atoms with Crippen molar-refractivity contribution in [2.45, 2.75) is 75.0 Å². The Morgan fingerprint density at radius 1 is 1.26 bits per heavy atom. The number of aromatic amines is 1. The third-order valence-corrected chi connectivity index (χ3v) is 10.3. The predicted molar refractivity (Wildman–Crippen MR) is 147 cm³/mol. The quantitative estimate of drug-likeness (QED) is 0.296. The molecule has 0 amide bonds. The van der Waals surface area contributed by atoms with Crippen LogP contribution in [-0.2, 0) is 24.7 Å². The number of nitrogens with two attached hydrogens (primary N) is 1. The van der Waals surface area contributed by atoms with E-state index in [2.05, 4.69) is 39.1 Å². The fourth-order valence-electron chi connectivity index (χ4n) is 8.26. The molecule has 3 aromatic rings. The largest absolute Gasteiger partial charge is 0.504 e. The van der Waals surface area contributed by atoms with Crippen LogP contribution in [0.25, 0.3) is 10.9 Å². The normalized spacial score (nSPS) is 31.3. The maximum absolute atomic E-state index is 13.0. The van der Waals surface area contributed by atoms with Gasteiger partial charge in [0, 0.05) is 48.4 Å². The molecule has 1 saturated heterocycles. The first-order chi connectivity index (χ1) is 18.4. The fraction of sp³-hybridized carbons (Fsp3) is 0.516. The minimum absolute atomic E-state index is 0.0404. The number of rotatable bonds is 6. The van der Waals surface area contributed by atoms with Crippen molar-refractivity contribution in [1.29, 1.82) is 0 Å². The van der Waals surface area contributed by atoms with E-state index in [1.807, 2.05) is 6.92 Å². The first kappa shape index (κ1) is 22.9. The molecule has 7 nitrogen and oxygen atoms in total. The van der Waals surface area contributed by atoms with Crippen molar-refractivity contribution in [3.63, 3.8) is 0 Å².